The zero-order chi connectivity index (χ0) is 19.8. The lowest BCUT2D eigenvalue weighted by atomic mass is 10.0. The highest BCUT2D eigenvalue weighted by Gasteiger charge is 2.23. The maximum atomic E-state index is 5.61. The van der Waals surface area contributed by atoms with E-state index in [1.165, 1.54) is 18.4 Å². The van der Waals surface area contributed by atoms with E-state index in [1.54, 1.807) is 7.11 Å². The Labute approximate surface area is 167 Å². The molecule has 1 saturated carbocycles. The van der Waals surface area contributed by atoms with E-state index < -0.39 is 0 Å². The minimum Gasteiger partial charge on any atom is -0.495 e. The summed E-state index contributed by atoms with van der Waals surface area (Å²) in [5.74, 6) is 7.62. The second-order valence-electron chi connectivity index (χ2n) is 6.98. The molecule has 0 spiro atoms. The molecule has 1 aliphatic rings. The fourth-order valence-electron chi connectivity index (χ4n) is 2.87. The fourth-order valence-corrected chi connectivity index (χ4v) is 2.87. The summed E-state index contributed by atoms with van der Waals surface area (Å²) in [6.45, 7) is 7.02. The van der Waals surface area contributed by atoms with Gasteiger partial charge in [-0.1, -0.05) is 48.2 Å². The van der Waals surface area contributed by atoms with Crippen LogP contribution < -0.4 is 15.4 Å². The molecule has 0 amide bonds. The van der Waals surface area contributed by atoms with Gasteiger partial charge in [-0.05, 0) is 49.6 Å². The normalized spacial score (nSPS) is 13.8. The number of ether oxygens (including phenoxy) is 2. The molecule has 0 aromatic heterocycles. The molecular weight excluding hydrogens is 348 g/mol. The summed E-state index contributed by atoms with van der Waals surface area (Å²) >= 11 is 0. The van der Waals surface area contributed by atoms with Crippen LogP contribution in [-0.2, 0) is 11.3 Å². The third-order valence-electron chi connectivity index (χ3n) is 4.64. The first-order chi connectivity index (χ1) is 13.7. The molecule has 2 aromatic carbocycles. The summed E-state index contributed by atoms with van der Waals surface area (Å²) in [5.41, 5.74) is 3.22. The molecule has 0 saturated heterocycles. The Hall–Kier alpha value is -2.90. The Morgan fingerprint density at radius 3 is 2.71 bits per heavy atom. The molecule has 1 unspecified atom stereocenters. The van der Waals surface area contributed by atoms with Gasteiger partial charge in [0.25, 0.3) is 0 Å². The van der Waals surface area contributed by atoms with Gasteiger partial charge in [0, 0.05) is 12.1 Å². The molecule has 0 heterocycles. The van der Waals surface area contributed by atoms with Crippen LogP contribution in [0.15, 0.2) is 61.0 Å². The third-order valence-corrected chi connectivity index (χ3v) is 4.64. The first-order valence-corrected chi connectivity index (χ1v) is 9.68. The zero-order valence-corrected chi connectivity index (χ0v) is 16.6. The largest absolute Gasteiger partial charge is 0.495 e. The predicted molar refractivity (Wildman–Crippen MR) is 113 cm³/mol. The number of nitrogens with one attached hydrogen (secondary N) is 2. The van der Waals surface area contributed by atoms with Crippen molar-refractivity contribution in [3.63, 3.8) is 0 Å². The summed E-state index contributed by atoms with van der Waals surface area (Å²) in [7, 11) is 1.67. The second kappa shape index (κ2) is 9.87. The van der Waals surface area contributed by atoms with Crippen molar-refractivity contribution in [3.8, 4) is 17.6 Å². The maximum Gasteiger partial charge on any atom is 0.180 e. The molecule has 28 heavy (non-hydrogen) atoms. The van der Waals surface area contributed by atoms with E-state index in [0.29, 0.717) is 31.1 Å². The van der Waals surface area contributed by atoms with Gasteiger partial charge in [0.2, 0.25) is 0 Å². The van der Waals surface area contributed by atoms with Crippen LogP contribution in [0.25, 0.3) is 0 Å². The third kappa shape index (κ3) is 6.07. The molecule has 1 fully saturated rings. The van der Waals surface area contributed by atoms with E-state index in [1.807, 2.05) is 36.4 Å². The SMILES string of the molecule is C=C(NCC#Cc1cc(C(C)NC2CC2)ccc1OC)OCc1ccccc1. The average Bonchev–Trinajstić information content (AvgIpc) is 3.54. The number of rotatable bonds is 9. The Balaban J connectivity index is 1.52. The fraction of sp³-hybridized carbons (Fsp3) is 0.333. The molecule has 146 valence electrons. The van der Waals surface area contributed by atoms with E-state index in [4.69, 9.17) is 9.47 Å². The van der Waals surface area contributed by atoms with Gasteiger partial charge in [0.15, 0.2) is 5.88 Å². The smallest absolute Gasteiger partial charge is 0.180 e. The van der Waals surface area contributed by atoms with Crippen LogP contribution in [0.4, 0.5) is 0 Å². The van der Waals surface area contributed by atoms with E-state index in [9.17, 15) is 0 Å². The summed E-state index contributed by atoms with van der Waals surface area (Å²) < 4.78 is 11.1. The standard InChI is InChI=1S/C24H28N2O2/c1-18(26-23-12-13-23)21-11-14-24(27-3)22(16-21)10-7-15-25-19(2)28-17-20-8-5-4-6-9-20/h4-6,8-9,11,14,16,18,23,25-26H,2,12-13,15,17H2,1,3H3. The highest BCUT2D eigenvalue weighted by Crippen LogP contribution is 2.26. The Kier molecular flexibility index (Phi) is 7.00. The van der Waals surface area contributed by atoms with Crippen molar-refractivity contribution >= 4 is 0 Å². The van der Waals surface area contributed by atoms with Crippen LogP contribution in [0.3, 0.4) is 0 Å². The van der Waals surface area contributed by atoms with E-state index in [0.717, 1.165) is 16.9 Å². The average molecular weight is 377 g/mol. The minimum atomic E-state index is 0.309. The highest BCUT2D eigenvalue weighted by atomic mass is 16.5. The molecule has 2 N–H and O–H groups in total. The molecule has 3 rings (SSSR count). The minimum absolute atomic E-state index is 0.309. The van der Waals surface area contributed by atoms with Gasteiger partial charge in [0.1, 0.15) is 12.4 Å². The maximum absolute atomic E-state index is 5.61. The number of hydrogen-bond donors (Lipinski definition) is 2. The van der Waals surface area contributed by atoms with Gasteiger partial charge in [-0.15, -0.1) is 0 Å². The van der Waals surface area contributed by atoms with Gasteiger partial charge < -0.3 is 20.1 Å². The van der Waals surface area contributed by atoms with Crippen molar-refractivity contribution in [2.45, 2.75) is 38.5 Å². The summed E-state index contributed by atoms with van der Waals surface area (Å²) in [5, 5.41) is 6.70. The number of methoxy groups -OCH3 is 1. The second-order valence-corrected chi connectivity index (χ2v) is 6.98. The Morgan fingerprint density at radius 1 is 1.21 bits per heavy atom. The first-order valence-electron chi connectivity index (χ1n) is 9.68. The Morgan fingerprint density at radius 2 is 2.00 bits per heavy atom. The lowest BCUT2D eigenvalue weighted by Gasteiger charge is -2.15. The van der Waals surface area contributed by atoms with E-state index in [-0.39, 0.29) is 0 Å². The molecule has 2 aromatic rings. The van der Waals surface area contributed by atoms with Crippen molar-refractivity contribution < 1.29 is 9.47 Å². The highest BCUT2D eigenvalue weighted by molar-refractivity contribution is 5.49. The predicted octanol–water partition coefficient (Wildman–Crippen LogP) is 4.14. The lowest BCUT2D eigenvalue weighted by molar-refractivity contribution is 0.181. The zero-order valence-electron chi connectivity index (χ0n) is 16.6. The van der Waals surface area contributed by atoms with Gasteiger partial charge in [-0.25, -0.2) is 0 Å². The molecule has 0 radical (unpaired) electrons. The topological polar surface area (TPSA) is 42.5 Å². The first kappa shape index (κ1) is 19.9. The molecule has 4 heteroatoms. The van der Waals surface area contributed by atoms with Crippen molar-refractivity contribution in [3.05, 3.63) is 77.7 Å². The van der Waals surface area contributed by atoms with E-state index >= 15 is 0 Å². The van der Waals surface area contributed by atoms with Gasteiger partial charge in [-0.2, -0.15) is 0 Å². The van der Waals surface area contributed by atoms with Crippen molar-refractivity contribution in [1.29, 1.82) is 0 Å². The van der Waals surface area contributed by atoms with Crippen LogP contribution in [0.5, 0.6) is 5.75 Å². The van der Waals surface area contributed by atoms with Crippen LogP contribution in [0.2, 0.25) is 0 Å². The van der Waals surface area contributed by atoms with Crippen LogP contribution in [-0.4, -0.2) is 19.7 Å². The van der Waals surface area contributed by atoms with Crippen molar-refractivity contribution in [2.75, 3.05) is 13.7 Å². The number of benzene rings is 2. The lowest BCUT2D eigenvalue weighted by Crippen LogP contribution is -2.20. The van der Waals surface area contributed by atoms with Gasteiger partial charge in [0.05, 0.1) is 19.2 Å². The monoisotopic (exact) mass is 376 g/mol. The summed E-state index contributed by atoms with van der Waals surface area (Å²) in [6, 6.07) is 17.2. The van der Waals surface area contributed by atoms with Crippen molar-refractivity contribution in [1.82, 2.24) is 10.6 Å². The van der Waals surface area contributed by atoms with Crippen LogP contribution in [0, 0.1) is 11.8 Å². The molecule has 0 bridgehead atoms. The van der Waals surface area contributed by atoms with Crippen LogP contribution in [0.1, 0.15) is 42.5 Å². The molecule has 0 aliphatic heterocycles. The van der Waals surface area contributed by atoms with Crippen molar-refractivity contribution in [2.24, 2.45) is 0 Å². The summed E-state index contributed by atoms with van der Waals surface area (Å²) in [4.78, 5) is 0. The quantitative estimate of drug-likeness (QED) is 0.510. The molecular formula is C24H28N2O2. The van der Waals surface area contributed by atoms with Gasteiger partial charge >= 0.3 is 0 Å². The molecule has 1 atom stereocenters. The van der Waals surface area contributed by atoms with Gasteiger partial charge in [-0.3, -0.25) is 0 Å². The molecule has 1 aliphatic carbocycles. The number of hydrogen-bond acceptors (Lipinski definition) is 4. The Bertz CT molecular complexity index is 848. The summed E-state index contributed by atoms with van der Waals surface area (Å²) in [6.07, 6.45) is 2.55. The molecule has 4 nitrogen and oxygen atoms in total. The van der Waals surface area contributed by atoms with E-state index in [2.05, 4.69) is 48.1 Å². The van der Waals surface area contributed by atoms with Crippen LogP contribution >= 0.6 is 0 Å².